The summed E-state index contributed by atoms with van der Waals surface area (Å²) >= 11 is 0. The van der Waals surface area contributed by atoms with Gasteiger partial charge in [-0.1, -0.05) is 36.4 Å². The molecule has 2 heteroatoms. The Balaban J connectivity index is 1.64. The van der Waals surface area contributed by atoms with Crippen LogP contribution in [0, 0.1) is 0 Å². The number of aliphatic hydroxyl groups is 1. The number of aliphatic hydroxyl groups excluding tert-OH is 1. The molecular weight excluding hydrogens is 234 g/mol. The van der Waals surface area contributed by atoms with Gasteiger partial charge in [-0.05, 0) is 48.1 Å². The minimum atomic E-state index is 0.213. The van der Waals surface area contributed by atoms with E-state index in [0.29, 0.717) is 6.04 Å². The van der Waals surface area contributed by atoms with Gasteiger partial charge in [0, 0.05) is 18.3 Å². The molecule has 0 amide bonds. The maximum atomic E-state index is 8.90. The molecule has 3 rings (SSSR count). The number of benzene rings is 2. The van der Waals surface area contributed by atoms with Gasteiger partial charge < -0.3 is 10.4 Å². The van der Waals surface area contributed by atoms with Crippen LogP contribution in [0.1, 0.15) is 16.7 Å². The molecule has 0 saturated heterocycles. The fourth-order valence-corrected chi connectivity index (χ4v) is 2.79. The predicted octanol–water partition coefficient (Wildman–Crippen LogP) is 2.80. The second-order valence-corrected chi connectivity index (χ2v) is 5.19. The van der Waals surface area contributed by atoms with Crippen LogP contribution in [0.4, 0.5) is 5.69 Å². The molecule has 19 heavy (non-hydrogen) atoms. The average molecular weight is 253 g/mol. The lowest BCUT2D eigenvalue weighted by Crippen LogP contribution is -2.19. The van der Waals surface area contributed by atoms with Crippen molar-refractivity contribution in [1.82, 2.24) is 0 Å². The lowest BCUT2D eigenvalue weighted by Gasteiger charge is -2.14. The fraction of sp³-hybridized carbons (Fsp3) is 0.294. The summed E-state index contributed by atoms with van der Waals surface area (Å²) in [6.07, 6.45) is 2.94. The van der Waals surface area contributed by atoms with E-state index in [2.05, 4.69) is 53.8 Å². The first-order valence-corrected chi connectivity index (χ1v) is 6.88. The van der Waals surface area contributed by atoms with Crippen molar-refractivity contribution in [3.8, 4) is 0 Å². The van der Waals surface area contributed by atoms with E-state index in [4.69, 9.17) is 5.11 Å². The van der Waals surface area contributed by atoms with Gasteiger partial charge in [0.1, 0.15) is 0 Å². The highest BCUT2D eigenvalue weighted by molar-refractivity contribution is 5.47. The van der Waals surface area contributed by atoms with Gasteiger partial charge in [-0.3, -0.25) is 0 Å². The molecule has 0 aromatic heterocycles. The number of hydrogen-bond donors (Lipinski definition) is 2. The van der Waals surface area contributed by atoms with Crippen molar-refractivity contribution >= 4 is 5.69 Å². The molecule has 2 nitrogen and oxygen atoms in total. The summed E-state index contributed by atoms with van der Waals surface area (Å²) in [6, 6.07) is 17.6. The molecule has 2 aromatic carbocycles. The zero-order chi connectivity index (χ0) is 13.1. The van der Waals surface area contributed by atoms with Crippen LogP contribution in [-0.2, 0) is 19.3 Å². The third-order valence-electron chi connectivity index (χ3n) is 3.78. The number of anilines is 1. The van der Waals surface area contributed by atoms with Crippen molar-refractivity contribution in [2.75, 3.05) is 11.9 Å². The number of nitrogens with one attached hydrogen (secondary N) is 1. The van der Waals surface area contributed by atoms with Crippen molar-refractivity contribution in [3.05, 3.63) is 65.2 Å². The molecule has 0 unspecified atom stereocenters. The summed E-state index contributed by atoms with van der Waals surface area (Å²) in [5.41, 5.74) is 5.29. The van der Waals surface area contributed by atoms with Crippen molar-refractivity contribution < 1.29 is 5.11 Å². The van der Waals surface area contributed by atoms with E-state index in [0.717, 1.165) is 19.3 Å². The SMILES string of the molecule is OCCc1ccc(NC2Cc3ccccc3C2)cc1. The molecular formula is C17H19NO. The summed E-state index contributed by atoms with van der Waals surface area (Å²) in [6.45, 7) is 0.213. The molecule has 0 atom stereocenters. The van der Waals surface area contributed by atoms with Crippen LogP contribution in [0.5, 0.6) is 0 Å². The molecule has 0 radical (unpaired) electrons. The van der Waals surface area contributed by atoms with E-state index in [1.165, 1.54) is 22.4 Å². The first-order chi connectivity index (χ1) is 9.35. The van der Waals surface area contributed by atoms with Gasteiger partial charge >= 0.3 is 0 Å². The Labute approximate surface area is 114 Å². The largest absolute Gasteiger partial charge is 0.396 e. The lowest BCUT2D eigenvalue weighted by molar-refractivity contribution is 0.299. The molecule has 98 valence electrons. The van der Waals surface area contributed by atoms with Gasteiger partial charge in [0.05, 0.1) is 0 Å². The number of hydrogen-bond acceptors (Lipinski definition) is 2. The van der Waals surface area contributed by atoms with Gasteiger partial charge in [-0.25, -0.2) is 0 Å². The molecule has 0 saturated carbocycles. The van der Waals surface area contributed by atoms with E-state index in [1.807, 2.05) is 0 Å². The van der Waals surface area contributed by atoms with Crippen LogP contribution in [0.25, 0.3) is 0 Å². The van der Waals surface area contributed by atoms with Crippen LogP contribution in [0.3, 0.4) is 0 Å². The fourth-order valence-electron chi connectivity index (χ4n) is 2.79. The highest BCUT2D eigenvalue weighted by Crippen LogP contribution is 2.24. The summed E-state index contributed by atoms with van der Waals surface area (Å²) in [7, 11) is 0. The first-order valence-electron chi connectivity index (χ1n) is 6.88. The molecule has 0 spiro atoms. The van der Waals surface area contributed by atoms with E-state index in [9.17, 15) is 0 Å². The number of rotatable bonds is 4. The minimum absolute atomic E-state index is 0.213. The van der Waals surface area contributed by atoms with Crippen LogP contribution >= 0.6 is 0 Å². The van der Waals surface area contributed by atoms with E-state index >= 15 is 0 Å². The van der Waals surface area contributed by atoms with Crippen molar-refractivity contribution in [2.24, 2.45) is 0 Å². The van der Waals surface area contributed by atoms with Gasteiger partial charge in [0.25, 0.3) is 0 Å². The molecule has 1 aliphatic rings. The highest BCUT2D eigenvalue weighted by atomic mass is 16.2. The number of fused-ring (bicyclic) bond motifs is 1. The summed E-state index contributed by atoms with van der Waals surface area (Å²) in [5, 5.41) is 12.5. The van der Waals surface area contributed by atoms with Crippen LogP contribution in [0.2, 0.25) is 0 Å². The second kappa shape index (κ2) is 5.45. The van der Waals surface area contributed by atoms with E-state index < -0.39 is 0 Å². The van der Waals surface area contributed by atoms with Gasteiger partial charge in [-0.2, -0.15) is 0 Å². The Hall–Kier alpha value is -1.80. The monoisotopic (exact) mass is 253 g/mol. The standard InChI is InChI=1S/C17H19NO/c19-10-9-13-5-7-16(8-6-13)18-17-11-14-3-1-2-4-15(14)12-17/h1-8,17-19H,9-12H2. The van der Waals surface area contributed by atoms with Crippen LogP contribution in [-0.4, -0.2) is 17.8 Å². The Morgan fingerprint density at radius 3 is 2.16 bits per heavy atom. The van der Waals surface area contributed by atoms with Crippen molar-refractivity contribution in [2.45, 2.75) is 25.3 Å². The minimum Gasteiger partial charge on any atom is -0.396 e. The van der Waals surface area contributed by atoms with Crippen LogP contribution < -0.4 is 5.32 Å². The third kappa shape index (κ3) is 2.79. The maximum absolute atomic E-state index is 8.90. The topological polar surface area (TPSA) is 32.3 Å². The molecule has 0 fully saturated rings. The third-order valence-corrected chi connectivity index (χ3v) is 3.78. The Morgan fingerprint density at radius 2 is 1.58 bits per heavy atom. The Kier molecular flexibility index (Phi) is 3.51. The van der Waals surface area contributed by atoms with Crippen molar-refractivity contribution in [1.29, 1.82) is 0 Å². The van der Waals surface area contributed by atoms with Gasteiger partial charge in [0.2, 0.25) is 0 Å². The molecule has 2 aromatic rings. The molecule has 0 heterocycles. The second-order valence-electron chi connectivity index (χ2n) is 5.19. The molecule has 2 N–H and O–H groups in total. The smallest absolute Gasteiger partial charge is 0.0471 e. The van der Waals surface area contributed by atoms with E-state index in [-0.39, 0.29) is 6.61 Å². The van der Waals surface area contributed by atoms with Crippen molar-refractivity contribution in [3.63, 3.8) is 0 Å². The zero-order valence-corrected chi connectivity index (χ0v) is 11.0. The van der Waals surface area contributed by atoms with E-state index in [1.54, 1.807) is 0 Å². The molecule has 0 aliphatic heterocycles. The van der Waals surface area contributed by atoms with Crippen LogP contribution in [0.15, 0.2) is 48.5 Å². The Bertz CT molecular complexity index is 522. The van der Waals surface area contributed by atoms with Gasteiger partial charge in [0.15, 0.2) is 0 Å². The Morgan fingerprint density at radius 1 is 0.947 bits per heavy atom. The quantitative estimate of drug-likeness (QED) is 0.878. The highest BCUT2D eigenvalue weighted by Gasteiger charge is 2.20. The first kappa shape index (κ1) is 12.2. The normalized spacial score (nSPS) is 14.4. The molecule has 0 bridgehead atoms. The maximum Gasteiger partial charge on any atom is 0.0471 e. The predicted molar refractivity (Wildman–Crippen MR) is 78.5 cm³/mol. The lowest BCUT2D eigenvalue weighted by atomic mass is 10.1. The summed E-state index contributed by atoms with van der Waals surface area (Å²) in [5.74, 6) is 0. The molecule has 1 aliphatic carbocycles. The summed E-state index contributed by atoms with van der Waals surface area (Å²) < 4.78 is 0. The zero-order valence-electron chi connectivity index (χ0n) is 11.0. The average Bonchev–Trinajstić information content (AvgIpc) is 2.83. The summed E-state index contributed by atoms with van der Waals surface area (Å²) in [4.78, 5) is 0. The van der Waals surface area contributed by atoms with Gasteiger partial charge in [-0.15, -0.1) is 0 Å².